The molecule has 0 radical (unpaired) electrons. The van der Waals surface area contributed by atoms with Crippen LogP contribution in [0.3, 0.4) is 0 Å². The van der Waals surface area contributed by atoms with Crippen LogP contribution in [-0.2, 0) is 33.3 Å². The van der Waals surface area contributed by atoms with Gasteiger partial charge in [-0.05, 0) is 116 Å². The van der Waals surface area contributed by atoms with Crippen molar-refractivity contribution in [3.05, 3.63) is 146 Å². The van der Waals surface area contributed by atoms with E-state index in [4.69, 9.17) is 18.9 Å². The summed E-state index contributed by atoms with van der Waals surface area (Å²) in [5, 5.41) is 11.9. The van der Waals surface area contributed by atoms with E-state index in [1.54, 1.807) is 0 Å². The molecule has 0 rings (SSSR count). The van der Waals surface area contributed by atoms with Crippen LogP contribution in [0.25, 0.3) is 0 Å². The Morgan fingerprint density at radius 2 is 0.581 bits per heavy atom. The van der Waals surface area contributed by atoms with Crippen molar-refractivity contribution in [1.29, 1.82) is 0 Å². The van der Waals surface area contributed by atoms with Crippen LogP contribution < -0.4 is 5.11 Å². The quantitative estimate of drug-likeness (QED) is 0.0195. The lowest BCUT2D eigenvalue weighted by Crippen LogP contribution is -2.44. The van der Waals surface area contributed by atoms with Gasteiger partial charge in [0, 0.05) is 12.8 Å². The Kier molecular flexibility index (Phi) is 69.2. The largest absolute Gasteiger partial charge is 0.545 e. The molecule has 0 aromatic rings. The number of unbranched alkanes of at least 4 members (excludes halogenated alkanes) is 30. The molecule has 0 saturated carbocycles. The standard InChI is InChI=1S/C84H141NO8/c1-6-8-10-12-14-16-18-20-22-24-26-28-30-32-34-36-37-38-39-40-41-42-43-44-45-47-49-51-53-55-57-59-61-63-65-67-69-71-73-75-82(87)93-80(79-92-84(83(88)89)90-77-76-85(3,4)5)78-91-81(86)74-72-70-68-66-64-62-60-58-56-54-52-50-48-46-35-33-31-29-27-25-23-21-19-17-15-13-11-9-7-2/h8-11,14-17,20-23,26-29,32-35,37-38,48,50,80,84H,6-7,12-13,18-19,24-25,30-31,36,39-47,49,51-79H2,1-5H3/b10-8-,11-9-,16-14-,17-15-,22-20-,23-21-,28-26-,29-27-,34-32-,35-33-,38-37-,50-48-. The Labute approximate surface area is 572 Å². The second-order valence-corrected chi connectivity index (χ2v) is 26.2. The Morgan fingerprint density at radius 3 is 0.860 bits per heavy atom. The molecule has 0 saturated heterocycles. The van der Waals surface area contributed by atoms with Crippen molar-refractivity contribution < 1.29 is 42.9 Å². The third kappa shape index (κ3) is 74.4. The number of carboxylic acid groups (broad SMARTS) is 1. The lowest BCUT2D eigenvalue weighted by atomic mass is 10.0. The van der Waals surface area contributed by atoms with Crippen molar-refractivity contribution >= 4 is 17.9 Å². The maximum atomic E-state index is 13.0. The van der Waals surface area contributed by atoms with E-state index in [-0.39, 0.29) is 38.6 Å². The third-order valence-corrected chi connectivity index (χ3v) is 16.1. The highest BCUT2D eigenvalue weighted by atomic mass is 16.7. The number of carbonyl (C=O) groups excluding carboxylic acids is 3. The number of esters is 2. The van der Waals surface area contributed by atoms with Crippen LogP contribution in [-0.4, -0.2) is 82.3 Å². The molecule has 0 spiro atoms. The molecule has 93 heavy (non-hydrogen) atoms. The first-order valence-corrected chi connectivity index (χ1v) is 38.0. The highest BCUT2D eigenvalue weighted by molar-refractivity contribution is 5.70. The van der Waals surface area contributed by atoms with E-state index < -0.39 is 24.3 Å². The number of carbonyl (C=O) groups is 3. The summed E-state index contributed by atoms with van der Waals surface area (Å²) in [5.41, 5.74) is 0. The Morgan fingerprint density at radius 1 is 0.323 bits per heavy atom. The van der Waals surface area contributed by atoms with Gasteiger partial charge in [-0.2, -0.15) is 0 Å². The average Bonchev–Trinajstić information content (AvgIpc) is 3.38. The number of carboxylic acids is 1. The first-order valence-electron chi connectivity index (χ1n) is 38.0. The summed E-state index contributed by atoms with van der Waals surface area (Å²) in [6.45, 7) is 4.53. The summed E-state index contributed by atoms with van der Waals surface area (Å²) in [4.78, 5) is 37.6. The van der Waals surface area contributed by atoms with Crippen LogP contribution >= 0.6 is 0 Å². The highest BCUT2D eigenvalue weighted by Gasteiger charge is 2.22. The van der Waals surface area contributed by atoms with Crippen LogP contribution in [0.1, 0.15) is 309 Å². The number of likely N-dealkylation sites (N-methyl/N-ethyl adjacent to an activating group) is 1. The van der Waals surface area contributed by atoms with E-state index in [9.17, 15) is 19.5 Å². The molecule has 0 aliphatic rings. The molecule has 0 aromatic heterocycles. The van der Waals surface area contributed by atoms with Gasteiger partial charge >= 0.3 is 11.9 Å². The number of hydrogen-bond acceptors (Lipinski definition) is 8. The van der Waals surface area contributed by atoms with Crippen molar-refractivity contribution in [3.8, 4) is 0 Å². The van der Waals surface area contributed by atoms with Crippen LogP contribution in [0.5, 0.6) is 0 Å². The summed E-state index contributed by atoms with van der Waals surface area (Å²) < 4.78 is 22.8. The summed E-state index contributed by atoms with van der Waals surface area (Å²) in [5.74, 6) is -2.28. The van der Waals surface area contributed by atoms with Crippen molar-refractivity contribution in [2.75, 3.05) is 47.5 Å². The molecule has 0 aliphatic heterocycles. The zero-order valence-electron chi connectivity index (χ0n) is 60.6. The lowest BCUT2D eigenvalue weighted by molar-refractivity contribution is -0.870. The van der Waals surface area contributed by atoms with E-state index in [0.29, 0.717) is 17.4 Å². The molecule has 530 valence electrons. The summed E-state index contributed by atoms with van der Waals surface area (Å²) in [6.07, 6.45) is 104. The molecule has 9 nitrogen and oxygen atoms in total. The van der Waals surface area contributed by atoms with E-state index in [0.717, 1.165) is 128 Å². The molecule has 9 heteroatoms. The van der Waals surface area contributed by atoms with E-state index in [2.05, 4.69) is 160 Å². The Bertz CT molecular complexity index is 2040. The van der Waals surface area contributed by atoms with Gasteiger partial charge < -0.3 is 33.3 Å². The molecule has 2 atom stereocenters. The van der Waals surface area contributed by atoms with Crippen molar-refractivity contribution in [2.45, 2.75) is 322 Å². The highest BCUT2D eigenvalue weighted by Crippen LogP contribution is 2.18. The molecule has 2 unspecified atom stereocenters. The number of rotatable bonds is 69. The summed E-state index contributed by atoms with van der Waals surface area (Å²) in [6, 6.07) is 0. The minimum absolute atomic E-state index is 0.142. The van der Waals surface area contributed by atoms with Gasteiger partial charge in [-0.25, -0.2) is 0 Å². The number of nitrogens with zero attached hydrogens (tertiary/aromatic N) is 1. The fraction of sp³-hybridized carbons (Fsp3) is 0.679. The SMILES string of the molecule is CC/C=C\C/C=C\C/C=C\C/C=C\C/C=C\C/C=C\CCCCCCCCCCCCCCCCCCCCCCC(=O)OC(COC(=O)CCCCCCCCCCCC/C=C\C/C=C\C/C=C\C/C=C\C/C=C\C/C=C\CC)COC(OCC[N+](C)(C)C)C(=O)[O-]. The Hall–Kier alpha value is -4.83. The molecule has 0 N–H and O–H groups in total. The zero-order chi connectivity index (χ0) is 67.5. The van der Waals surface area contributed by atoms with Gasteiger partial charge in [-0.15, -0.1) is 0 Å². The minimum atomic E-state index is -1.63. The normalized spacial score (nSPS) is 13.5. The zero-order valence-corrected chi connectivity index (χ0v) is 60.6. The number of allylic oxidation sites excluding steroid dienone is 24. The number of quaternary nitrogens is 1. The second-order valence-electron chi connectivity index (χ2n) is 26.2. The average molecular weight is 1290 g/mol. The van der Waals surface area contributed by atoms with Gasteiger partial charge in [0.15, 0.2) is 12.4 Å². The first-order chi connectivity index (χ1) is 45.6. The molecule has 0 amide bonds. The molecule has 0 bridgehead atoms. The van der Waals surface area contributed by atoms with E-state index >= 15 is 0 Å². The predicted molar refractivity (Wildman–Crippen MR) is 398 cm³/mol. The lowest BCUT2D eigenvalue weighted by Gasteiger charge is -2.26. The molecule has 0 fully saturated rings. The van der Waals surface area contributed by atoms with Crippen LogP contribution in [0.15, 0.2) is 146 Å². The molecule has 0 aromatic carbocycles. The fourth-order valence-electron chi connectivity index (χ4n) is 10.4. The first kappa shape index (κ1) is 88.2. The monoisotopic (exact) mass is 1290 g/mol. The van der Waals surface area contributed by atoms with Gasteiger partial charge in [-0.3, -0.25) is 9.59 Å². The van der Waals surface area contributed by atoms with Crippen LogP contribution in [0.2, 0.25) is 0 Å². The van der Waals surface area contributed by atoms with Crippen molar-refractivity contribution in [2.24, 2.45) is 0 Å². The van der Waals surface area contributed by atoms with Gasteiger partial charge in [0.05, 0.1) is 40.3 Å². The second kappa shape index (κ2) is 73.0. The maximum absolute atomic E-state index is 13.0. The van der Waals surface area contributed by atoms with Crippen LogP contribution in [0.4, 0.5) is 0 Å². The smallest absolute Gasteiger partial charge is 0.306 e. The summed E-state index contributed by atoms with van der Waals surface area (Å²) in [7, 11) is 5.93. The Balaban J connectivity index is 4.07. The van der Waals surface area contributed by atoms with E-state index in [1.807, 2.05) is 21.1 Å². The minimum Gasteiger partial charge on any atom is -0.545 e. The molecule has 0 heterocycles. The molecular weight excluding hydrogens is 1150 g/mol. The molecule has 0 aliphatic carbocycles. The number of hydrogen-bond donors (Lipinski definition) is 0. The van der Waals surface area contributed by atoms with Crippen molar-refractivity contribution in [1.82, 2.24) is 0 Å². The van der Waals surface area contributed by atoms with Gasteiger partial charge in [0.25, 0.3) is 0 Å². The molecular formula is C84H141NO8. The fourth-order valence-corrected chi connectivity index (χ4v) is 10.4. The maximum Gasteiger partial charge on any atom is 0.306 e. The third-order valence-electron chi connectivity index (χ3n) is 16.1. The van der Waals surface area contributed by atoms with E-state index in [1.165, 1.54) is 148 Å². The number of aliphatic carboxylic acids is 1. The number of ether oxygens (including phenoxy) is 4. The summed E-state index contributed by atoms with van der Waals surface area (Å²) >= 11 is 0. The predicted octanol–water partition coefficient (Wildman–Crippen LogP) is 22.9. The van der Waals surface area contributed by atoms with Gasteiger partial charge in [-0.1, -0.05) is 327 Å². The topological polar surface area (TPSA) is 111 Å². The van der Waals surface area contributed by atoms with Gasteiger partial charge in [0.2, 0.25) is 0 Å². The van der Waals surface area contributed by atoms with Crippen molar-refractivity contribution in [3.63, 3.8) is 0 Å². The van der Waals surface area contributed by atoms with Crippen LogP contribution in [0, 0.1) is 0 Å². The van der Waals surface area contributed by atoms with Gasteiger partial charge in [0.1, 0.15) is 13.2 Å².